The molecule has 0 spiro atoms. The normalized spacial score (nSPS) is 19.8. The highest BCUT2D eigenvalue weighted by Gasteiger charge is 2.37. The molecule has 21 heavy (non-hydrogen) atoms. The molecule has 0 saturated carbocycles. The first-order valence-corrected chi connectivity index (χ1v) is 6.71. The van der Waals surface area contributed by atoms with E-state index in [0.717, 1.165) is 5.69 Å². The van der Waals surface area contributed by atoms with Crippen molar-refractivity contribution in [1.82, 2.24) is 9.47 Å². The third-order valence-electron chi connectivity index (χ3n) is 3.66. The van der Waals surface area contributed by atoms with Crippen molar-refractivity contribution in [3.8, 4) is 11.4 Å². The summed E-state index contributed by atoms with van der Waals surface area (Å²) in [4.78, 5) is 12.6. The summed E-state index contributed by atoms with van der Waals surface area (Å²) >= 11 is 0. The topological polar surface area (TPSA) is 60.5 Å². The van der Waals surface area contributed by atoms with E-state index in [1.165, 1.54) is 6.07 Å². The van der Waals surface area contributed by atoms with Crippen molar-refractivity contribution in [1.29, 1.82) is 0 Å². The van der Waals surface area contributed by atoms with Crippen molar-refractivity contribution in [3.63, 3.8) is 0 Å². The maximum absolute atomic E-state index is 11.0. The third-order valence-corrected chi connectivity index (χ3v) is 3.66. The Balaban J connectivity index is 2.14. The number of nitrogens with zero attached hydrogens (tertiary/aromatic N) is 3. The van der Waals surface area contributed by atoms with Crippen molar-refractivity contribution in [3.05, 3.63) is 52.3 Å². The van der Waals surface area contributed by atoms with Gasteiger partial charge >= 0.3 is 0 Å². The molecule has 110 valence electrons. The molecular weight excluding hydrogens is 270 g/mol. The number of ether oxygens (including phenoxy) is 1. The minimum atomic E-state index is -0.490. The molecule has 2 aromatic rings. The van der Waals surface area contributed by atoms with Crippen LogP contribution in [0.2, 0.25) is 0 Å². The SMILES string of the molecule is CN(C)CC1(C)Oc2ccc([N+](=O)[O-])cc2-n2cccc21. The fourth-order valence-electron chi connectivity index (χ4n) is 2.93. The van der Waals surface area contributed by atoms with Crippen LogP contribution in [0.4, 0.5) is 5.69 Å². The molecule has 1 aliphatic heterocycles. The molecule has 0 saturated heterocycles. The van der Waals surface area contributed by atoms with E-state index in [1.807, 2.05) is 43.9 Å². The Kier molecular flexibility index (Phi) is 2.98. The fraction of sp³-hybridized carbons (Fsp3) is 0.333. The van der Waals surface area contributed by atoms with Gasteiger partial charge in [-0.25, -0.2) is 0 Å². The average Bonchev–Trinajstić information content (AvgIpc) is 2.87. The number of nitro groups is 1. The zero-order valence-electron chi connectivity index (χ0n) is 12.2. The summed E-state index contributed by atoms with van der Waals surface area (Å²) < 4.78 is 8.13. The molecule has 0 aliphatic carbocycles. The van der Waals surface area contributed by atoms with E-state index in [-0.39, 0.29) is 5.69 Å². The predicted molar refractivity (Wildman–Crippen MR) is 79.0 cm³/mol. The molecule has 0 amide bonds. The van der Waals surface area contributed by atoms with Crippen LogP contribution >= 0.6 is 0 Å². The number of benzene rings is 1. The van der Waals surface area contributed by atoms with Gasteiger partial charge in [0.15, 0.2) is 5.60 Å². The van der Waals surface area contributed by atoms with Crippen LogP contribution in [-0.4, -0.2) is 35.0 Å². The fourth-order valence-corrected chi connectivity index (χ4v) is 2.93. The highest BCUT2D eigenvalue weighted by Crippen LogP contribution is 2.40. The van der Waals surface area contributed by atoms with Crippen LogP contribution in [0, 0.1) is 10.1 Å². The van der Waals surface area contributed by atoms with E-state index in [0.29, 0.717) is 18.0 Å². The smallest absolute Gasteiger partial charge is 0.271 e. The van der Waals surface area contributed by atoms with Crippen LogP contribution in [-0.2, 0) is 5.60 Å². The van der Waals surface area contributed by atoms with Gasteiger partial charge in [0.05, 0.1) is 16.3 Å². The average molecular weight is 287 g/mol. The largest absolute Gasteiger partial charge is 0.478 e. The van der Waals surface area contributed by atoms with Gasteiger partial charge in [0.2, 0.25) is 0 Å². The number of rotatable bonds is 3. The summed E-state index contributed by atoms with van der Waals surface area (Å²) in [6.45, 7) is 2.75. The number of hydrogen-bond donors (Lipinski definition) is 0. The molecule has 0 fully saturated rings. The second kappa shape index (κ2) is 4.60. The van der Waals surface area contributed by atoms with Crippen LogP contribution in [0.5, 0.6) is 5.75 Å². The van der Waals surface area contributed by atoms with Crippen LogP contribution in [0.1, 0.15) is 12.6 Å². The molecule has 6 heteroatoms. The van der Waals surface area contributed by atoms with Gasteiger partial charge in [-0.1, -0.05) is 0 Å². The Morgan fingerprint density at radius 2 is 2.14 bits per heavy atom. The Morgan fingerprint density at radius 1 is 1.38 bits per heavy atom. The lowest BCUT2D eigenvalue weighted by molar-refractivity contribution is -0.384. The second-order valence-corrected chi connectivity index (χ2v) is 5.74. The van der Waals surface area contributed by atoms with Crippen molar-refractivity contribution < 1.29 is 9.66 Å². The second-order valence-electron chi connectivity index (χ2n) is 5.74. The van der Waals surface area contributed by atoms with Gasteiger partial charge in [0, 0.05) is 24.9 Å². The quantitative estimate of drug-likeness (QED) is 0.643. The zero-order chi connectivity index (χ0) is 15.2. The van der Waals surface area contributed by atoms with E-state index in [4.69, 9.17) is 4.74 Å². The van der Waals surface area contributed by atoms with Crippen molar-refractivity contribution in [2.24, 2.45) is 0 Å². The lowest BCUT2D eigenvalue weighted by Gasteiger charge is -2.38. The van der Waals surface area contributed by atoms with Crippen molar-refractivity contribution in [2.45, 2.75) is 12.5 Å². The number of aromatic nitrogens is 1. The molecule has 2 heterocycles. The van der Waals surface area contributed by atoms with E-state index in [9.17, 15) is 10.1 Å². The van der Waals surface area contributed by atoms with Gasteiger partial charge in [-0.05, 0) is 39.2 Å². The van der Waals surface area contributed by atoms with Crippen LogP contribution in [0.15, 0.2) is 36.5 Å². The molecule has 3 rings (SSSR count). The number of non-ortho nitro benzene ring substituents is 1. The van der Waals surface area contributed by atoms with Crippen molar-refractivity contribution in [2.75, 3.05) is 20.6 Å². The number of hydrogen-bond acceptors (Lipinski definition) is 4. The molecule has 6 nitrogen and oxygen atoms in total. The van der Waals surface area contributed by atoms with E-state index in [2.05, 4.69) is 4.90 Å². The van der Waals surface area contributed by atoms with E-state index >= 15 is 0 Å². The van der Waals surface area contributed by atoms with Crippen LogP contribution in [0.3, 0.4) is 0 Å². The highest BCUT2D eigenvalue weighted by molar-refractivity contribution is 5.57. The molecule has 0 radical (unpaired) electrons. The summed E-state index contributed by atoms with van der Waals surface area (Å²) in [5.74, 6) is 0.661. The van der Waals surface area contributed by atoms with Gasteiger partial charge in [-0.15, -0.1) is 0 Å². The maximum atomic E-state index is 11.0. The Bertz CT molecular complexity index is 708. The van der Waals surface area contributed by atoms with Gasteiger partial charge in [0.1, 0.15) is 5.75 Å². The number of likely N-dealkylation sites (N-methyl/N-ethyl adjacent to an activating group) is 1. The molecule has 1 aliphatic rings. The Morgan fingerprint density at radius 3 is 2.81 bits per heavy atom. The summed E-state index contributed by atoms with van der Waals surface area (Å²) in [6, 6.07) is 8.62. The molecular formula is C15H17N3O3. The van der Waals surface area contributed by atoms with Gasteiger partial charge in [0.25, 0.3) is 5.69 Å². The monoisotopic (exact) mass is 287 g/mol. The first-order valence-electron chi connectivity index (χ1n) is 6.71. The summed E-state index contributed by atoms with van der Waals surface area (Å²) in [7, 11) is 3.99. The van der Waals surface area contributed by atoms with Gasteiger partial charge in [-0.3, -0.25) is 10.1 Å². The lowest BCUT2D eigenvalue weighted by Crippen LogP contribution is -2.43. The predicted octanol–water partition coefficient (Wildman–Crippen LogP) is 2.55. The number of fused-ring (bicyclic) bond motifs is 3. The van der Waals surface area contributed by atoms with Crippen LogP contribution in [0.25, 0.3) is 5.69 Å². The molecule has 0 bridgehead atoms. The highest BCUT2D eigenvalue weighted by atomic mass is 16.6. The van der Waals surface area contributed by atoms with Crippen molar-refractivity contribution >= 4 is 5.69 Å². The first-order chi connectivity index (χ1) is 9.90. The summed E-state index contributed by atoms with van der Waals surface area (Å²) in [5.41, 5.74) is 1.27. The minimum absolute atomic E-state index is 0.0632. The van der Waals surface area contributed by atoms with Crippen LogP contribution < -0.4 is 4.74 Å². The first kappa shape index (κ1) is 13.6. The lowest BCUT2D eigenvalue weighted by atomic mass is 9.99. The Labute approximate surface area is 122 Å². The molecule has 1 aromatic heterocycles. The summed E-state index contributed by atoms with van der Waals surface area (Å²) in [6.07, 6.45) is 1.91. The molecule has 1 aromatic carbocycles. The minimum Gasteiger partial charge on any atom is -0.478 e. The summed E-state index contributed by atoms with van der Waals surface area (Å²) in [5, 5.41) is 11.0. The molecule has 1 atom stereocenters. The zero-order valence-corrected chi connectivity index (χ0v) is 12.2. The van der Waals surface area contributed by atoms with Gasteiger partial charge < -0.3 is 14.2 Å². The third kappa shape index (κ3) is 2.17. The molecule has 1 unspecified atom stereocenters. The standard InChI is InChI=1S/C15H17N3O3/c1-15(10-16(2)3)14-5-4-8-17(14)12-9-11(18(19)20)6-7-13(12)21-15/h4-9H,10H2,1-3H3. The maximum Gasteiger partial charge on any atom is 0.271 e. The van der Waals surface area contributed by atoms with Gasteiger partial charge in [-0.2, -0.15) is 0 Å². The van der Waals surface area contributed by atoms with E-state index in [1.54, 1.807) is 12.1 Å². The van der Waals surface area contributed by atoms with E-state index < -0.39 is 10.5 Å². The Hall–Kier alpha value is -2.34. The molecule has 0 N–H and O–H groups in total. The number of nitro benzene ring substituents is 1.